The Morgan fingerprint density at radius 3 is 3.00 bits per heavy atom. The number of amides is 1. The summed E-state index contributed by atoms with van der Waals surface area (Å²) in [6.07, 6.45) is 0.401. The lowest BCUT2D eigenvalue weighted by molar-refractivity contribution is -0.138. The average Bonchev–Trinajstić information content (AvgIpc) is 2.41. The summed E-state index contributed by atoms with van der Waals surface area (Å²) in [6, 6.07) is 7.79. The van der Waals surface area contributed by atoms with Gasteiger partial charge in [-0.15, -0.1) is 0 Å². The summed E-state index contributed by atoms with van der Waals surface area (Å²) in [5.74, 6) is 0.112. The van der Waals surface area contributed by atoms with Crippen LogP contribution in [0.1, 0.15) is 5.56 Å². The maximum absolute atomic E-state index is 12.3. The van der Waals surface area contributed by atoms with E-state index in [2.05, 4.69) is 15.9 Å². The molecule has 0 aromatic heterocycles. The Bertz CT molecular complexity index is 425. The first kappa shape index (κ1) is 13.5. The number of halogens is 1. The van der Waals surface area contributed by atoms with Crippen molar-refractivity contribution >= 4 is 21.8 Å². The van der Waals surface area contributed by atoms with Crippen molar-refractivity contribution in [3.05, 3.63) is 34.3 Å². The lowest BCUT2D eigenvalue weighted by atomic mass is 10.1. The molecule has 0 spiro atoms. The molecule has 1 aromatic carbocycles. The van der Waals surface area contributed by atoms with E-state index in [0.717, 1.165) is 10.0 Å². The van der Waals surface area contributed by atoms with Crippen LogP contribution in [0.25, 0.3) is 0 Å². The molecular formula is C13H17BrN2O2. The number of benzene rings is 1. The monoisotopic (exact) mass is 312 g/mol. The Balaban J connectivity index is 2.05. The van der Waals surface area contributed by atoms with Crippen LogP contribution in [0, 0.1) is 0 Å². The molecule has 1 amide bonds. The van der Waals surface area contributed by atoms with Gasteiger partial charge in [0.1, 0.15) is 0 Å². The highest BCUT2D eigenvalue weighted by molar-refractivity contribution is 9.10. The Labute approximate surface area is 115 Å². The Morgan fingerprint density at radius 2 is 2.28 bits per heavy atom. The minimum absolute atomic E-state index is 0.00809. The molecule has 1 fully saturated rings. The number of carbonyl (C=O) groups excluding carboxylic acids is 1. The van der Waals surface area contributed by atoms with Crippen molar-refractivity contribution in [3.8, 4) is 0 Å². The molecule has 2 N–H and O–H groups in total. The van der Waals surface area contributed by atoms with E-state index in [-0.39, 0.29) is 11.9 Å². The summed E-state index contributed by atoms with van der Waals surface area (Å²) >= 11 is 3.46. The van der Waals surface area contributed by atoms with Gasteiger partial charge < -0.3 is 15.4 Å². The van der Waals surface area contributed by atoms with Crippen molar-refractivity contribution in [2.24, 2.45) is 5.73 Å². The zero-order chi connectivity index (χ0) is 13.0. The molecule has 2 rings (SSSR count). The van der Waals surface area contributed by atoms with E-state index in [1.807, 2.05) is 29.2 Å². The predicted molar refractivity (Wildman–Crippen MR) is 73.2 cm³/mol. The van der Waals surface area contributed by atoms with Gasteiger partial charge in [-0.2, -0.15) is 0 Å². The van der Waals surface area contributed by atoms with Gasteiger partial charge in [-0.25, -0.2) is 0 Å². The number of nitrogens with zero attached hydrogens (tertiary/aromatic N) is 1. The maximum atomic E-state index is 12.3. The van der Waals surface area contributed by atoms with Crippen molar-refractivity contribution in [3.63, 3.8) is 0 Å². The summed E-state index contributed by atoms with van der Waals surface area (Å²) in [4.78, 5) is 14.1. The third kappa shape index (κ3) is 3.10. The van der Waals surface area contributed by atoms with Crippen LogP contribution in [0.15, 0.2) is 28.7 Å². The van der Waals surface area contributed by atoms with Gasteiger partial charge in [0, 0.05) is 17.6 Å². The molecule has 0 aliphatic carbocycles. The smallest absolute Gasteiger partial charge is 0.227 e. The Hall–Kier alpha value is -0.910. The summed E-state index contributed by atoms with van der Waals surface area (Å²) < 4.78 is 6.31. The number of hydrogen-bond acceptors (Lipinski definition) is 3. The van der Waals surface area contributed by atoms with E-state index in [0.29, 0.717) is 32.7 Å². The third-order valence-electron chi connectivity index (χ3n) is 3.12. The van der Waals surface area contributed by atoms with Crippen LogP contribution in [0.4, 0.5) is 0 Å². The first-order chi connectivity index (χ1) is 8.72. The van der Waals surface area contributed by atoms with Crippen molar-refractivity contribution in [2.75, 3.05) is 26.3 Å². The molecule has 5 heteroatoms. The van der Waals surface area contributed by atoms with Gasteiger partial charge >= 0.3 is 0 Å². The van der Waals surface area contributed by atoms with Crippen LogP contribution in [0.3, 0.4) is 0 Å². The number of morpholine rings is 1. The van der Waals surface area contributed by atoms with Gasteiger partial charge in [0.15, 0.2) is 0 Å². The van der Waals surface area contributed by atoms with E-state index in [9.17, 15) is 4.79 Å². The van der Waals surface area contributed by atoms with E-state index < -0.39 is 0 Å². The molecule has 0 saturated carbocycles. The lowest BCUT2D eigenvalue weighted by Gasteiger charge is -2.35. The Kier molecular flexibility index (Phi) is 4.74. The topological polar surface area (TPSA) is 55.6 Å². The highest BCUT2D eigenvalue weighted by Gasteiger charge is 2.26. The second-order valence-electron chi connectivity index (χ2n) is 4.32. The second kappa shape index (κ2) is 6.31. The van der Waals surface area contributed by atoms with Gasteiger partial charge in [-0.1, -0.05) is 34.1 Å². The second-order valence-corrected chi connectivity index (χ2v) is 5.17. The number of hydrogen-bond donors (Lipinski definition) is 1. The number of nitrogens with two attached hydrogens (primary N) is 1. The fourth-order valence-electron chi connectivity index (χ4n) is 2.08. The molecular weight excluding hydrogens is 296 g/mol. The number of rotatable bonds is 3. The normalized spacial score (nSPS) is 19.9. The molecule has 0 bridgehead atoms. The van der Waals surface area contributed by atoms with Crippen molar-refractivity contribution in [2.45, 2.75) is 12.5 Å². The standard InChI is InChI=1S/C13H17BrN2O2/c14-12-4-2-1-3-10(12)7-13(17)16-5-6-18-9-11(16)8-15/h1-4,11H,5-9,15H2. The highest BCUT2D eigenvalue weighted by atomic mass is 79.9. The molecule has 4 nitrogen and oxygen atoms in total. The SMILES string of the molecule is NCC1COCCN1C(=O)Cc1ccccc1Br. The molecule has 18 heavy (non-hydrogen) atoms. The minimum atomic E-state index is 0.00809. The van der Waals surface area contributed by atoms with Crippen LogP contribution in [-0.4, -0.2) is 43.2 Å². The highest BCUT2D eigenvalue weighted by Crippen LogP contribution is 2.18. The molecule has 1 saturated heterocycles. The maximum Gasteiger partial charge on any atom is 0.227 e. The van der Waals surface area contributed by atoms with Crippen LogP contribution in [0.5, 0.6) is 0 Å². The average molecular weight is 313 g/mol. The Morgan fingerprint density at radius 1 is 1.50 bits per heavy atom. The quantitative estimate of drug-likeness (QED) is 0.912. The molecule has 0 radical (unpaired) electrons. The van der Waals surface area contributed by atoms with Gasteiger partial charge in [0.05, 0.1) is 25.7 Å². The van der Waals surface area contributed by atoms with Gasteiger partial charge in [0.2, 0.25) is 5.91 Å². The zero-order valence-electron chi connectivity index (χ0n) is 10.1. The fourth-order valence-corrected chi connectivity index (χ4v) is 2.51. The fraction of sp³-hybridized carbons (Fsp3) is 0.462. The number of carbonyl (C=O) groups is 1. The largest absolute Gasteiger partial charge is 0.377 e. The summed E-state index contributed by atoms with van der Waals surface area (Å²) in [5.41, 5.74) is 6.68. The van der Waals surface area contributed by atoms with Crippen LogP contribution in [-0.2, 0) is 16.0 Å². The summed E-state index contributed by atoms with van der Waals surface area (Å²) in [5, 5.41) is 0. The predicted octanol–water partition coefficient (Wildman–Crippen LogP) is 1.18. The van der Waals surface area contributed by atoms with E-state index in [1.165, 1.54) is 0 Å². The molecule has 1 atom stereocenters. The molecule has 1 heterocycles. The van der Waals surface area contributed by atoms with Gasteiger partial charge in [-0.3, -0.25) is 4.79 Å². The van der Waals surface area contributed by atoms with E-state index in [4.69, 9.17) is 10.5 Å². The van der Waals surface area contributed by atoms with Gasteiger partial charge in [-0.05, 0) is 11.6 Å². The van der Waals surface area contributed by atoms with Gasteiger partial charge in [0.25, 0.3) is 0 Å². The van der Waals surface area contributed by atoms with Crippen LogP contribution >= 0.6 is 15.9 Å². The van der Waals surface area contributed by atoms with Crippen LogP contribution in [0.2, 0.25) is 0 Å². The molecule has 1 aliphatic heterocycles. The summed E-state index contributed by atoms with van der Waals surface area (Å²) in [6.45, 7) is 2.21. The van der Waals surface area contributed by atoms with Crippen molar-refractivity contribution in [1.82, 2.24) is 4.90 Å². The molecule has 98 valence electrons. The third-order valence-corrected chi connectivity index (χ3v) is 3.89. The van der Waals surface area contributed by atoms with Crippen molar-refractivity contribution in [1.29, 1.82) is 0 Å². The first-order valence-electron chi connectivity index (χ1n) is 6.03. The zero-order valence-corrected chi connectivity index (χ0v) is 11.7. The molecule has 1 aromatic rings. The van der Waals surface area contributed by atoms with E-state index >= 15 is 0 Å². The molecule has 1 aliphatic rings. The first-order valence-corrected chi connectivity index (χ1v) is 6.82. The van der Waals surface area contributed by atoms with Crippen molar-refractivity contribution < 1.29 is 9.53 Å². The number of ether oxygens (including phenoxy) is 1. The minimum Gasteiger partial charge on any atom is -0.377 e. The van der Waals surface area contributed by atoms with Crippen LogP contribution < -0.4 is 5.73 Å². The summed E-state index contributed by atoms with van der Waals surface area (Å²) in [7, 11) is 0. The molecule has 1 unspecified atom stereocenters. The van der Waals surface area contributed by atoms with E-state index in [1.54, 1.807) is 0 Å². The lowest BCUT2D eigenvalue weighted by Crippen LogP contribution is -2.52.